The van der Waals surface area contributed by atoms with Crippen molar-refractivity contribution in [2.24, 2.45) is 0 Å². The summed E-state index contributed by atoms with van der Waals surface area (Å²) < 4.78 is 5.30. The molecule has 1 N–H and O–H groups in total. The van der Waals surface area contributed by atoms with Gasteiger partial charge in [-0.3, -0.25) is 14.6 Å². The van der Waals surface area contributed by atoms with Crippen LogP contribution in [0.1, 0.15) is 23.7 Å². The van der Waals surface area contributed by atoms with Gasteiger partial charge in [-0.1, -0.05) is 0 Å². The predicted molar refractivity (Wildman–Crippen MR) is 92.0 cm³/mol. The maximum atomic E-state index is 12.6. The minimum absolute atomic E-state index is 0.0422. The number of carbonyl (C=O) groups excluding carboxylic acids is 2. The van der Waals surface area contributed by atoms with E-state index in [4.69, 9.17) is 4.74 Å². The summed E-state index contributed by atoms with van der Waals surface area (Å²) in [6.45, 7) is 3.47. The van der Waals surface area contributed by atoms with Crippen LogP contribution in [0.5, 0.6) is 0 Å². The number of hydrogen-bond donors (Lipinski definition) is 1. The van der Waals surface area contributed by atoms with Crippen LogP contribution in [-0.4, -0.2) is 53.0 Å². The number of anilines is 1. The Kier molecular flexibility index (Phi) is 7.31. The molecule has 0 spiro atoms. The number of ether oxygens (including phenoxy) is 1. The molecule has 7 nitrogen and oxygen atoms in total. The summed E-state index contributed by atoms with van der Waals surface area (Å²) in [5, 5.41) is 4.98. The van der Waals surface area contributed by atoms with Crippen molar-refractivity contribution in [1.82, 2.24) is 14.9 Å². The minimum Gasteiger partial charge on any atom is -0.382 e. The molecule has 0 aliphatic heterocycles. The highest BCUT2D eigenvalue weighted by Gasteiger charge is 2.19. The first kappa shape index (κ1) is 18.0. The van der Waals surface area contributed by atoms with Crippen molar-refractivity contribution < 1.29 is 14.3 Å². The highest BCUT2D eigenvalue weighted by Crippen LogP contribution is 2.11. The molecule has 24 heavy (non-hydrogen) atoms. The molecule has 2 aromatic rings. The van der Waals surface area contributed by atoms with E-state index in [0.29, 0.717) is 36.9 Å². The monoisotopic (exact) mass is 348 g/mol. The molecule has 0 saturated heterocycles. The number of rotatable bonds is 9. The lowest BCUT2D eigenvalue weighted by atomic mass is 10.2. The van der Waals surface area contributed by atoms with E-state index in [1.54, 1.807) is 29.9 Å². The summed E-state index contributed by atoms with van der Waals surface area (Å²) in [7, 11) is 0. The lowest BCUT2D eigenvalue weighted by Gasteiger charge is -2.22. The van der Waals surface area contributed by atoms with Crippen molar-refractivity contribution >= 4 is 28.3 Å². The number of hydrogen-bond acceptors (Lipinski definition) is 6. The lowest BCUT2D eigenvalue weighted by molar-refractivity contribution is -0.116. The fourth-order valence-corrected chi connectivity index (χ4v) is 2.59. The smallest absolute Gasteiger partial charge is 0.255 e. The van der Waals surface area contributed by atoms with E-state index in [2.05, 4.69) is 15.3 Å². The highest BCUT2D eigenvalue weighted by atomic mass is 32.1. The number of thiazole rings is 1. The van der Waals surface area contributed by atoms with E-state index in [1.165, 1.54) is 22.4 Å². The van der Waals surface area contributed by atoms with Gasteiger partial charge in [0.15, 0.2) is 5.13 Å². The van der Waals surface area contributed by atoms with Crippen molar-refractivity contribution in [2.75, 3.05) is 31.6 Å². The Morgan fingerprint density at radius 3 is 2.92 bits per heavy atom. The first-order chi connectivity index (χ1) is 11.7. The molecule has 8 heteroatoms. The average Bonchev–Trinajstić information content (AvgIpc) is 3.10. The molecule has 2 rings (SSSR count). The van der Waals surface area contributed by atoms with Crippen LogP contribution in [0.15, 0.2) is 36.1 Å². The number of nitrogens with zero attached hydrogens (tertiary/aromatic N) is 3. The molecule has 0 aromatic carbocycles. The van der Waals surface area contributed by atoms with Crippen LogP contribution in [0.2, 0.25) is 0 Å². The van der Waals surface area contributed by atoms with Gasteiger partial charge in [0.1, 0.15) is 6.54 Å². The van der Waals surface area contributed by atoms with Crippen LogP contribution in [-0.2, 0) is 9.53 Å². The van der Waals surface area contributed by atoms with Crippen LogP contribution in [0.25, 0.3) is 0 Å². The summed E-state index contributed by atoms with van der Waals surface area (Å²) >= 11 is 1.33. The van der Waals surface area contributed by atoms with Gasteiger partial charge in [0.25, 0.3) is 5.91 Å². The van der Waals surface area contributed by atoms with Crippen molar-refractivity contribution in [2.45, 2.75) is 13.3 Å². The molecule has 2 amide bonds. The normalized spacial score (nSPS) is 10.4. The van der Waals surface area contributed by atoms with Gasteiger partial charge in [-0.05, 0) is 25.5 Å². The van der Waals surface area contributed by atoms with E-state index in [-0.39, 0.29) is 18.4 Å². The third-order valence-electron chi connectivity index (χ3n) is 3.13. The number of carbonyl (C=O) groups is 2. The molecular weight excluding hydrogens is 328 g/mol. The summed E-state index contributed by atoms with van der Waals surface area (Å²) in [6.07, 6.45) is 5.37. The van der Waals surface area contributed by atoms with Crippen LogP contribution in [0.3, 0.4) is 0 Å². The number of pyridine rings is 1. The Hall–Kier alpha value is -2.32. The second-order valence-corrected chi connectivity index (χ2v) is 5.80. The highest BCUT2D eigenvalue weighted by molar-refractivity contribution is 7.13. The molecule has 0 bridgehead atoms. The average molecular weight is 348 g/mol. The van der Waals surface area contributed by atoms with Gasteiger partial charge in [-0.2, -0.15) is 0 Å². The standard InChI is InChI=1S/C16H20N4O3S/c1-2-23-9-4-8-20(15(22)13-5-3-6-17-11-13)12-14(21)19-16-18-7-10-24-16/h3,5-7,10-11H,2,4,8-9,12H2,1H3,(H,18,19,21). The number of nitrogens with one attached hydrogen (secondary N) is 1. The molecule has 0 atom stereocenters. The first-order valence-corrected chi connectivity index (χ1v) is 8.55. The summed E-state index contributed by atoms with van der Waals surface area (Å²) in [6, 6.07) is 3.38. The molecule has 2 heterocycles. The molecule has 0 aliphatic carbocycles. The zero-order chi connectivity index (χ0) is 17.2. The second kappa shape index (κ2) is 9.74. The zero-order valence-electron chi connectivity index (χ0n) is 13.5. The van der Waals surface area contributed by atoms with Crippen LogP contribution < -0.4 is 5.32 Å². The Labute approximate surface area is 144 Å². The largest absolute Gasteiger partial charge is 0.382 e. The van der Waals surface area contributed by atoms with Crippen molar-refractivity contribution in [1.29, 1.82) is 0 Å². The minimum atomic E-state index is -0.279. The van der Waals surface area contributed by atoms with Crippen molar-refractivity contribution in [3.05, 3.63) is 41.7 Å². The van der Waals surface area contributed by atoms with Gasteiger partial charge in [0.05, 0.1) is 5.56 Å². The van der Waals surface area contributed by atoms with Gasteiger partial charge in [0.2, 0.25) is 5.91 Å². The molecule has 0 radical (unpaired) electrons. The zero-order valence-corrected chi connectivity index (χ0v) is 14.3. The second-order valence-electron chi connectivity index (χ2n) is 4.90. The Bertz CT molecular complexity index is 634. The summed E-state index contributed by atoms with van der Waals surface area (Å²) in [4.78, 5) is 34.2. The topological polar surface area (TPSA) is 84.4 Å². The summed E-state index contributed by atoms with van der Waals surface area (Å²) in [5.41, 5.74) is 0.455. The van der Waals surface area contributed by atoms with Gasteiger partial charge in [-0.15, -0.1) is 11.3 Å². The van der Waals surface area contributed by atoms with E-state index >= 15 is 0 Å². The van der Waals surface area contributed by atoms with E-state index < -0.39 is 0 Å². The van der Waals surface area contributed by atoms with Crippen LogP contribution in [0.4, 0.5) is 5.13 Å². The molecule has 0 unspecified atom stereocenters. The van der Waals surface area contributed by atoms with Crippen LogP contribution >= 0.6 is 11.3 Å². The SMILES string of the molecule is CCOCCCN(CC(=O)Nc1nccs1)C(=O)c1cccnc1. The molecule has 0 aliphatic rings. The number of amides is 2. The first-order valence-electron chi connectivity index (χ1n) is 7.67. The van der Waals surface area contributed by atoms with Crippen molar-refractivity contribution in [3.63, 3.8) is 0 Å². The molecule has 0 saturated carbocycles. The maximum absolute atomic E-state index is 12.6. The van der Waals surface area contributed by atoms with E-state index in [9.17, 15) is 9.59 Å². The van der Waals surface area contributed by atoms with Crippen LogP contribution in [0, 0.1) is 0 Å². The third kappa shape index (κ3) is 5.71. The molecular formula is C16H20N4O3S. The molecule has 2 aromatic heterocycles. The van der Waals surface area contributed by atoms with Gasteiger partial charge >= 0.3 is 0 Å². The molecule has 128 valence electrons. The third-order valence-corrected chi connectivity index (χ3v) is 3.82. The van der Waals surface area contributed by atoms with E-state index in [1.807, 2.05) is 6.92 Å². The van der Waals surface area contributed by atoms with Gasteiger partial charge in [-0.25, -0.2) is 4.98 Å². The van der Waals surface area contributed by atoms with Gasteiger partial charge < -0.3 is 15.0 Å². The van der Waals surface area contributed by atoms with Crippen molar-refractivity contribution in [3.8, 4) is 0 Å². The lowest BCUT2D eigenvalue weighted by Crippen LogP contribution is -2.39. The van der Waals surface area contributed by atoms with E-state index in [0.717, 1.165) is 0 Å². The maximum Gasteiger partial charge on any atom is 0.255 e. The quantitative estimate of drug-likeness (QED) is 0.701. The molecule has 0 fully saturated rings. The Balaban J connectivity index is 1.98. The fourth-order valence-electron chi connectivity index (χ4n) is 2.04. The Morgan fingerprint density at radius 1 is 1.38 bits per heavy atom. The Morgan fingerprint density at radius 2 is 2.25 bits per heavy atom. The predicted octanol–water partition coefficient (Wildman–Crippen LogP) is 2.05. The number of aromatic nitrogens is 2. The van der Waals surface area contributed by atoms with Gasteiger partial charge in [0, 0.05) is 43.7 Å². The summed E-state index contributed by atoms with van der Waals surface area (Å²) in [5.74, 6) is -0.507. The fraction of sp³-hybridized carbons (Fsp3) is 0.375.